The summed E-state index contributed by atoms with van der Waals surface area (Å²) in [5, 5.41) is 3.41. The van der Waals surface area contributed by atoms with Crippen LogP contribution in [0.25, 0.3) is 0 Å². The van der Waals surface area contributed by atoms with Gasteiger partial charge in [-0.25, -0.2) is 4.99 Å². The highest BCUT2D eigenvalue weighted by molar-refractivity contribution is 14.0. The number of aliphatic imine (C=N–C) groups is 1. The van der Waals surface area contributed by atoms with E-state index in [1.54, 1.807) is 7.11 Å². The molecule has 6 heteroatoms. The van der Waals surface area contributed by atoms with Gasteiger partial charge >= 0.3 is 0 Å². The van der Waals surface area contributed by atoms with E-state index in [0.717, 1.165) is 49.9 Å². The second-order valence-corrected chi connectivity index (χ2v) is 6.54. The molecule has 1 aliphatic heterocycles. The lowest BCUT2D eigenvalue weighted by atomic mass is 10.1. The molecule has 2 rings (SSSR count). The standard InChI is InChI=1S/C19H31N3O2.HI/c1-5-20-19(22-10-9-17(13-22)14-23-4)21-12-16-7-6-8-18(11-16)24-15(2)3;/h6-8,11,15,17H,5,9-10,12-14H2,1-4H3,(H,20,21);1H. The summed E-state index contributed by atoms with van der Waals surface area (Å²) in [5.41, 5.74) is 1.16. The van der Waals surface area contributed by atoms with E-state index >= 15 is 0 Å². The molecular formula is C19H32IN3O2. The van der Waals surface area contributed by atoms with Crippen LogP contribution in [0.1, 0.15) is 32.8 Å². The molecule has 1 aromatic carbocycles. The first-order chi connectivity index (χ1) is 11.6. The van der Waals surface area contributed by atoms with E-state index in [9.17, 15) is 0 Å². The first-order valence-corrected chi connectivity index (χ1v) is 8.90. The summed E-state index contributed by atoms with van der Waals surface area (Å²) in [7, 11) is 1.77. The van der Waals surface area contributed by atoms with Gasteiger partial charge in [-0.05, 0) is 44.9 Å². The second kappa shape index (κ2) is 11.6. The van der Waals surface area contributed by atoms with Crippen LogP contribution in [0.5, 0.6) is 5.75 Å². The molecule has 0 spiro atoms. The number of methoxy groups -OCH3 is 1. The zero-order valence-corrected chi connectivity index (χ0v) is 18.2. The van der Waals surface area contributed by atoms with E-state index in [0.29, 0.717) is 12.5 Å². The third-order valence-corrected chi connectivity index (χ3v) is 4.00. The molecule has 0 radical (unpaired) electrons. The van der Waals surface area contributed by atoms with Crippen molar-refractivity contribution in [1.29, 1.82) is 0 Å². The molecule has 5 nitrogen and oxygen atoms in total. The summed E-state index contributed by atoms with van der Waals surface area (Å²) in [5.74, 6) is 2.50. The highest BCUT2D eigenvalue weighted by atomic mass is 127. The number of hydrogen-bond acceptors (Lipinski definition) is 3. The van der Waals surface area contributed by atoms with Crippen LogP contribution in [-0.2, 0) is 11.3 Å². The summed E-state index contributed by atoms with van der Waals surface area (Å²) in [6.07, 6.45) is 1.35. The number of nitrogens with one attached hydrogen (secondary N) is 1. The Kier molecular flexibility index (Phi) is 10.2. The van der Waals surface area contributed by atoms with Gasteiger partial charge in [0, 0.05) is 32.7 Å². The highest BCUT2D eigenvalue weighted by Gasteiger charge is 2.24. The average Bonchev–Trinajstić information content (AvgIpc) is 3.00. The average molecular weight is 461 g/mol. The van der Waals surface area contributed by atoms with Crippen molar-refractivity contribution in [3.63, 3.8) is 0 Å². The summed E-state index contributed by atoms with van der Waals surface area (Å²) in [6, 6.07) is 8.19. The topological polar surface area (TPSA) is 46.1 Å². The zero-order chi connectivity index (χ0) is 17.4. The number of hydrogen-bond donors (Lipinski definition) is 1. The molecular weight excluding hydrogens is 429 g/mol. The predicted molar refractivity (Wildman–Crippen MR) is 114 cm³/mol. The molecule has 0 bridgehead atoms. The van der Waals surface area contributed by atoms with Gasteiger partial charge in [-0.2, -0.15) is 0 Å². The largest absolute Gasteiger partial charge is 0.491 e. The third-order valence-electron chi connectivity index (χ3n) is 4.00. The number of likely N-dealkylation sites (tertiary alicyclic amines) is 1. The number of benzene rings is 1. The summed E-state index contributed by atoms with van der Waals surface area (Å²) in [4.78, 5) is 7.15. The minimum absolute atomic E-state index is 0. The smallest absolute Gasteiger partial charge is 0.194 e. The first kappa shape index (κ1) is 22.0. The maximum absolute atomic E-state index is 5.76. The van der Waals surface area contributed by atoms with Crippen molar-refractivity contribution in [3.8, 4) is 5.75 Å². The molecule has 0 aromatic heterocycles. The van der Waals surface area contributed by atoms with Crippen LogP contribution in [0, 0.1) is 5.92 Å². The second-order valence-electron chi connectivity index (χ2n) is 6.54. The van der Waals surface area contributed by atoms with E-state index < -0.39 is 0 Å². The van der Waals surface area contributed by atoms with Crippen molar-refractivity contribution >= 4 is 29.9 Å². The van der Waals surface area contributed by atoms with Crippen LogP contribution in [-0.4, -0.2) is 50.3 Å². The van der Waals surface area contributed by atoms with Gasteiger partial charge in [0.2, 0.25) is 0 Å². The Morgan fingerprint density at radius 1 is 1.40 bits per heavy atom. The minimum Gasteiger partial charge on any atom is -0.491 e. The fourth-order valence-corrected chi connectivity index (χ4v) is 2.98. The number of guanidine groups is 1. The maximum Gasteiger partial charge on any atom is 0.194 e. The normalized spacial score (nSPS) is 17.6. The summed E-state index contributed by atoms with van der Waals surface area (Å²) in [6.45, 7) is 10.6. The van der Waals surface area contributed by atoms with Crippen molar-refractivity contribution < 1.29 is 9.47 Å². The zero-order valence-electron chi connectivity index (χ0n) is 15.8. The Labute approximate surface area is 169 Å². The number of nitrogens with zero attached hydrogens (tertiary/aromatic N) is 2. The molecule has 142 valence electrons. The van der Waals surface area contributed by atoms with Gasteiger partial charge in [0.1, 0.15) is 5.75 Å². The van der Waals surface area contributed by atoms with Crippen LogP contribution >= 0.6 is 24.0 Å². The van der Waals surface area contributed by atoms with Crippen molar-refractivity contribution in [1.82, 2.24) is 10.2 Å². The Bertz CT molecular complexity index is 537. The number of halogens is 1. The minimum atomic E-state index is 0. The van der Waals surface area contributed by atoms with Gasteiger partial charge in [0.25, 0.3) is 0 Å². The van der Waals surface area contributed by atoms with E-state index in [-0.39, 0.29) is 30.1 Å². The van der Waals surface area contributed by atoms with Crippen LogP contribution in [0.3, 0.4) is 0 Å². The molecule has 25 heavy (non-hydrogen) atoms. The Morgan fingerprint density at radius 3 is 2.88 bits per heavy atom. The van der Waals surface area contributed by atoms with E-state index in [2.05, 4.69) is 29.3 Å². The lowest BCUT2D eigenvalue weighted by Gasteiger charge is -2.21. The SMILES string of the molecule is CCNC(=NCc1cccc(OC(C)C)c1)N1CCC(COC)C1.I. The predicted octanol–water partition coefficient (Wildman–Crippen LogP) is 3.53. The van der Waals surface area contributed by atoms with Gasteiger partial charge in [-0.15, -0.1) is 24.0 Å². The van der Waals surface area contributed by atoms with Crippen LogP contribution < -0.4 is 10.1 Å². The van der Waals surface area contributed by atoms with E-state index in [1.807, 2.05) is 26.0 Å². The monoisotopic (exact) mass is 461 g/mol. The van der Waals surface area contributed by atoms with Crippen molar-refractivity contribution in [2.24, 2.45) is 10.9 Å². The van der Waals surface area contributed by atoms with E-state index in [1.165, 1.54) is 0 Å². The number of rotatable bonds is 7. The molecule has 1 fully saturated rings. The van der Waals surface area contributed by atoms with Crippen molar-refractivity contribution in [3.05, 3.63) is 29.8 Å². The molecule has 1 heterocycles. The molecule has 1 aromatic rings. The molecule has 0 aliphatic carbocycles. The Hall–Kier alpha value is -1.02. The molecule has 1 saturated heterocycles. The van der Waals surface area contributed by atoms with Crippen LogP contribution in [0.4, 0.5) is 0 Å². The third kappa shape index (κ3) is 7.40. The van der Waals surface area contributed by atoms with Gasteiger partial charge in [-0.3, -0.25) is 0 Å². The Morgan fingerprint density at radius 2 is 2.20 bits per heavy atom. The fraction of sp³-hybridized carbons (Fsp3) is 0.632. The van der Waals surface area contributed by atoms with Gasteiger partial charge < -0.3 is 19.7 Å². The first-order valence-electron chi connectivity index (χ1n) is 8.90. The molecule has 1 atom stereocenters. The number of ether oxygens (including phenoxy) is 2. The van der Waals surface area contributed by atoms with Crippen molar-refractivity contribution in [2.75, 3.05) is 33.4 Å². The lowest BCUT2D eigenvalue weighted by Crippen LogP contribution is -2.40. The Balaban J connectivity index is 0.00000312. The van der Waals surface area contributed by atoms with Gasteiger partial charge in [0.15, 0.2) is 5.96 Å². The summed E-state index contributed by atoms with van der Waals surface area (Å²) >= 11 is 0. The van der Waals surface area contributed by atoms with Gasteiger partial charge in [0.05, 0.1) is 19.3 Å². The van der Waals surface area contributed by atoms with Crippen LogP contribution in [0.15, 0.2) is 29.3 Å². The molecule has 0 amide bonds. The van der Waals surface area contributed by atoms with Crippen molar-refractivity contribution in [2.45, 2.75) is 39.8 Å². The fourth-order valence-electron chi connectivity index (χ4n) is 2.98. The van der Waals surface area contributed by atoms with E-state index in [4.69, 9.17) is 14.5 Å². The summed E-state index contributed by atoms with van der Waals surface area (Å²) < 4.78 is 11.0. The molecule has 1 N–H and O–H groups in total. The highest BCUT2D eigenvalue weighted by Crippen LogP contribution is 2.18. The van der Waals surface area contributed by atoms with Crippen LogP contribution in [0.2, 0.25) is 0 Å². The lowest BCUT2D eigenvalue weighted by molar-refractivity contribution is 0.157. The van der Waals surface area contributed by atoms with Gasteiger partial charge in [-0.1, -0.05) is 12.1 Å². The quantitative estimate of drug-likeness (QED) is 0.384. The molecule has 0 saturated carbocycles. The maximum atomic E-state index is 5.76. The molecule has 1 aliphatic rings. The molecule has 1 unspecified atom stereocenters.